The van der Waals surface area contributed by atoms with Crippen LogP contribution < -0.4 is 5.73 Å². The number of nitrogens with two attached hydrogens (primary N) is 1. The van der Waals surface area contributed by atoms with E-state index in [0.717, 1.165) is 16.6 Å². The normalized spacial score (nSPS) is 21.4. The number of nitrogens with one attached hydrogen (secondary N) is 1. The highest BCUT2D eigenvalue weighted by atomic mass is 19.3. The van der Waals surface area contributed by atoms with Gasteiger partial charge in [-0.1, -0.05) is 18.2 Å². The van der Waals surface area contributed by atoms with Gasteiger partial charge in [-0.3, -0.25) is 0 Å². The van der Waals surface area contributed by atoms with Gasteiger partial charge in [0.2, 0.25) is 5.92 Å². The number of H-pyrrole nitrogens is 1. The van der Waals surface area contributed by atoms with Gasteiger partial charge in [0.1, 0.15) is 0 Å². The Labute approximate surface area is 97.8 Å². The lowest BCUT2D eigenvalue weighted by Gasteiger charge is -2.46. The summed E-state index contributed by atoms with van der Waals surface area (Å²) in [6.45, 7) is 0.259. The van der Waals surface area contributed by atoms with Crippen LogP contribution in [0.5, 0.6) is 0 Å². The number of halogens is 2. The Bertz CT molecular complexity index is 518. The first-order valence-corrected chi connectivity index (χ1v) is 5.71. The third-order valence-corrected chi connectivity index (χ3v) is 3.69. The average molecular weight is 236 g/mol. The zero-order valence-electron chi connectivity index (χ0n) is 9.34. The number of para-hydroxylation sites is 1. The van der Waals surface area contributed by atoms with Crippen LogP contribution in [0.3, 0.4) is 0 Å². The third-order valence-electron chi connectivity index (χ3n) is 3.69. The summed E-state index contributed by atoms with van der Waals surface area (Å²) >= 11 is 0. The molecule has 1 fully saturated rings. The monoisotopic (exact) mass is 236 g/mol. The van der Waals surface area contributed by atoms with Crippen molar-refractivity contribution in [3.05, 3.63) is 36.0 Å². The van der Waals surface area contributed by atoms with E-state index < -0.39 is 11.3 Å². The number of hydrogen-bond donors (Lipinski definition) is 2. The molecule has 4 heteroatoms. The molecular weight excluding hydrogens is 222 g/mol. The molecule has 3 rings (SSSR count). The van der Waals surface area contributed by atoms with Crippen LogP contribution in [-0.2, 0) is 5.41 Å². The molecule has 2 nitrogen and oxygen atoms in total. The van der Waals surface area contributed by atoms with Crippen LogP contribution >= 0.6 is 0 Å². The fourth-order valence-corrected chi connectivity index (χ4v) is 2.74. The summed E-state index contributed by atoms with van der Waals surface area (Å²) in [6, 6.07) is 9.71. The van der Waals surface area contributed by atoms with E-state index in [0.29, 0.717) is 0 Å². The van der Waals surface area contributed by atoms with Crippen molar-refractivity contribution in [2.75, 3.05) is 6.54 Å². The molecule has 1 saturated carbocycles. The van der Waals surface area contributed by atoms with Gasteiger partial charge in [0.25, 0.3) is 0 Å². The first kappa shape index (κ1) is 10.7. The predicted octanol–water partition coefficient (Wildman–Crippen LogP) is 2.79. The molecule has 90 valence electrons. The second-order valence-electron chi connectivity index (χ2n) is 4.96. The first-order valence-electron chi connectivity index (χ1n) is 5.71. The summed E-state index contributed by atoms with van der Waals surface area (Å²) in [4.78, 5) is 3.21. The summed E-state index contributed by atoms with van der Waals surface area (Å²) in [7, 11) is 0. The number of alkyl halides is 2. The Morgan fingerprint density at radius 2 is 1.94 bits per heavy atom. The van der Waals surface area contributed by atoms with Gasteiger partial charge in [-0.2, -0.15) is 0 Å². The lowest BCUT2D eigenvalue weighted by Crippen LogP contribution is -2.53. The van der Waals surface area contributed by atoms with E-state index in [2.05, 4.69) is 4.98 Å². The van der Waals surface area contributed by atoms with Gasteiger partial charge < -0.3 is 10.7 Å². The molecule has 0 unspecified atom stereocenters. The van der Waals surface area contributed by atoms with Crippen LogP contribution in [0.2, 0.25) is 0 Å². The van der Waals surface area contributed by atoms with Crippen LogP contribution in [0.4, 0.5) is 8.78 Å². The van der Waals surface area contributed by atoms with Gasteiger partial charge in [0.15, 0.2) is 0 Å². The van der Waals surface area contributed by atoms with Crippen LogP contribution in [-0.4, -0.2) is 17.5 Å². The van der Waals surface area contributed by atoms with Gasteiger partial charge in [0, 0.05) is 36.0 Å². The highest BCUT2D eigenvalue weighted by Gasteiger charge is 2.57. The van der Waals surface area contributed by atoms with E-state index in [-0.39, 0.29) is 19.4 Å². The van der Waals surface area contributed by atoms with E-state index in [1.165, 1.54) is 0 Å². The maximum Gasteiger partial charge on any atom is 0.250 e. The fraction of sp³-hybridized carbons (Fsp3) is 0.385. The second-order valence-corrected chi connectivity index (χ2v) is 4.96. The van der Waals surface area contributed by atoms with E-state index in [1.54, 1.807) is 0 Å². The van der Waals surface area contributed by atoms with Crippen molar-refractivity contribution in [1.29, 1.82) is 0 Å². The standard InChI is InChI=1S/C13H14F2N2/c14-13(15)6-12(7-13,8-16)11-5-9-3-1-2-4-10(9)17-11/h1-5,17H,6-8,16H2. The molecule has 1 heterocycles. The summed E-state index contributed by atoms with van der Waals surface area (Å²) in [5.41, 5.74) is 6.94. The topological polar surface area (TPSA) is 41.8 Å². The molecule has 1 aromatic carbocycles. The molecule has 1 aliphatic rings. The fourth-order valence-electron chi connectivity index (χ4n) is 2.74. The number of fused-ring (bicyclic) bond motifs is 1. The average Bonchev–Trinajstić information content (AvgIpc) is 2.68. The second kappa shape index (κ2) is 3.29. The molecule has 0 aliphatic heterocycles. The maximum absolute atomic E-state index is 13.1. The maximum atomic E-state index is 13.1. The lowest BCUT2D eigenvalue weighted by molar-refractivity contribution is -0.124. The van der Waals surface area contributed by atoms with Gasteiger partial charge in [-0.25, -0.2) is 8.78 Å². The number of hydrogen-bond acceptors (Lipinski definition) is 1. The number of aromatic nitrogens is 1. The van der Waals surface area contributed by atoms with Crippen molar-refractivity contribution in [3.63, 3.8) is 0 Å². The number of benzene rings is 1. The van der Waals surface area contributed by atoms with E-state index in [1.807, 2.05) is 30.3 Å². The van der Waals surface area contributed by atoms with Crippen LogP contribution in [0.1, 0.15) is 18.5 Å². The Morgan fingerprint density at radius 3 is 2.53 bits per heavy atom. The van der Waals surface area contributed by atoms with E-state index in [4.69, 9.17) is 5.73 Å². The molecular formula is C13H14F2N2. The quantitative estimate of drug-likeness (QED) is 0.827. The highest BCUT2D eigenvalue weighted by molar-refractivity contribution is 5.80. The molecule has 2 aromatic rings. The predicted molar refractivity (Wildman–Crippen MR) is 63.2 cm³/mol. The lowest BCUT2D eigenvalue weighted by atomic mass is 9.64. The van der Waals surface area contributed by atoms with Crippen molar-refractivity contribution < 1.29 is 8.78 Å². The summed E-state index contributed by atoms with van der Waals surface area (Å²) in [6.07, 6.45) is -0.299. The smallest absolute Gasteiger partial charge is 0.250 e. The SMILES string of the molecule is NCC1(c2cc3ccccc3[nH]2)CC(F)(F)C1. The Hall–Kier alpha value is -1.42. The Balaban J connectivity index is 2.03. The molecule has 0 saturated heterocycles. The van der Waals surface area contributed by atoms with Crippen molar-refractivity contribution in [1.82, 2.24) is 4.98 Å². The highest BCUT2D eigenvalue weighted by Crippen LogP contribution is 2.52. The van der Waals surface area contributed by atoms with Crippen molar-refractivity contribution in [2.45, 2.75) is 24.2 Å². The van der Waals surface area contributed by atoms with Crippen LogP contribution in [0, 0.1) is 0 Å². The minimum absolute atomic E-state index is 0.149. The molecule has 0 radical (unpaired) electrons. The summed E-state index contributed by atoms with van der Waals surface area (Å²) < 4.78 is 26.2. The van der Waals surface area contributed by atoms with E-state index in [9.17, 15) is 8.78 Å². The molecule has 0 atom stereocenters. The summed E-state index contributed by atoms with van der Waals surface area (Å²) in [5.74, 6) is -2.56. The molecule has 0 bridgehead atoms. The van der Waals surface area contributed by atoms with Crippen molar-refractivity contribution in [2.24, 2.45) is 5.73 Å². The summed E-state index contributed by atoms with van der Waals surface area (Å²) in [5, 5.41) is 1.05. The van der Waals surface area contributed by atoms with Crippen LogP contribution in [0.15, 0.2) is 30.3 Å². The molecule has 3 N–H and O–H groups in total. The zero-order chi connectivity index (χ0) is 12.1. The number of rotatable bonds is 2. The van der Waals surface area contributed by atoms with Gasteiger partial charge in [-0.05, 0) is 17.5 Å². The Kier molecular flexibility index (Phi) is 2.08. The van der Waals surface area contributed by atoms with Gasteiger partial charge in [-0.15, -0.1) is 0 Å². The molecule has 1 aromatic heterocycles. The largest absolute Gasteiger partial charge is 0.358 e. The van der Waals surface area contributed by atoms with E-state index >= 15 is 0 Å². The zero-order valence-corrected chi connectivity index (χ0v) is 9.34. The molecule has 1 aliphatic carbocycles. The van der Waals surface area contributed by atoms with Crippen molar-refractivity contribution >= 4 is 10.9 Å². The van der Waals surface area contributed by atoms with Gasteiger partial charge >= 0.3 is 0 Å². The molecule has 17 heavy (non-hydrogen) atoms. The van der Waals surface area contributed by atoms with Crippen molar-refractivity contribution in [3.8, 4) is 0 Å². The van der Waals surface area contributed by atoms with Crippen LogP contribution in [0.25, 0.3) is 10.9 Å². The minimum atomic E-state index is -2.56. The first-order chi connectivity index (χ1) is 8.05. The molecule has 0 amide bonds. The molecule has 0 spiro atoms. The van der Waals surface area contributed by atoms with Gasteiger partial charge in [0.05, 0.1) is 0 Å². The third kappa shape index (κ3) is 1.55. The Morgan fingerprint density at radius 1 is 1.24 bits per heavy atom. The minimum Gasteiger partial charge on any atom is -0.358 e. The number of aromatic amines is 1.